The van der Waals surface area contributed by atoms with Crippen LogP contribution in [0.15, 0.2) is 195 Å². The first-order valence-electron chi connectivity index (χ1n) is 19.6. The molecule has 0 spiro atoms. The summed E-state index contributed by atoms with van der Waals surface area (Å²) in [7, 11) is 0. The maximum absolute atomic E-state index is 5.42. The van der Waals surface area contributed by atoms with Crippen molar-refractivity contribution >= 4 is 80.8 Å². The number of thiophene rings is 1. The average molecular weight is 761 g/mol. The Morgan fingerprint density at radius 1 is 0.534 bits per heavy atom. The topological polar surface area (TPSA) is 35.6 Å². The first-order valence-corrected chi connectivity index (χ1v) is 20.4. The largest absolute Gasteiger partial charge is 0.309 e. The van der Waals surface area contributed by atoms with Crippen molar-refractivity contribution in [2.75, 3.05) is 0 Å². The summed E-state index contributed by atoms with van der Waals surface area (Å²) in [6.07, 6.45) is 8.00. The Morgan fingerprint density at radius 3 is 1.66 bits per heavy atom. The molecule has 0 aliphatic rings. The van der Waals surface area contributed by atoms with Gasteiger partial charge < -0.3 is 9.13 Å². The van der Waals surface area contributed by atoms with Gasteiger partial charge in [0.2, 0.25) is 0 Å². The predicted molar refractivity (Wildman–Crippen MR) is 247 cm³/mol. The van der Waals surface area contributed by atoms with Gasteiger partial charge >= 0.3 is 0 Å². The van der Waals surface area contributed by atoms with Gasteiger partial charge in [0.05, 0.1) is 38.0 Å². The van der Waals surface area contributed by atoms with Gasteiger partial charge in [0, 0.05) is 48.6 Å². The molecule has 4 aromatic heterocycles. The highest BCUT2D eigenvalue weighted by atomic mass is 32.1. The number of aromatic nitrogens is 4. The second-order valence-corrected chi connectivity index (χ2v) is 15.6. The molecule has 5 heteroatoms. The number of hydrogen-bond acceptors (Lipinski definition) is 3. The number of allylic oxidation sites excluding steroid dienone is 5. The molecule has 11 rings (SSSR count). The Labute approximate surface area is 339 Å². The highest BCUT2D eigenvalue weighted by Crippen LogP contribution is 2.42. The van der Waals surface area contributed by atoms with Crippen LogP contribution in [0.4, 0.5) is 0 Å². The van der Waals surface area contributed by atoms with E-state index in [1.807, 2.05) is 12.2 Å². The van der Waals surface area contributed by atoms with Gasteiger partial charge in [-0.3, -0.25) is 0 Å². The lowest BCUT2D eigenvalue weighted by Gasteiger charge is -2.09. The molecule has 0 N–H and O–H groups in total. The van der Waals surface area contributed by atoms with Crippen LogP contribution < -0.4 is 0 Å². The van der Waals surface area contributed by atoms with E-state index in [9.17, 15) is 0 Å². The first-order chi connectivity index (χ1) is 28.7. The Balaban J connectivity index is 1.11. The van der Waals surface area contributed by atoms with E-state index in [4.69, 9.17) is 9.97 Å². The van der Waals surface area contributed by atoms with E-state index in [-0.39, 0.29) is 0 Å². The number of hydrogen-bond donors (Lipinski definition) is 0. The van der Waals surface area contributed by atoms with Crippen molar-refractivity contribution in [1.82, 2.24) is 19.1 Å². The van der Waals surface area contributed by atoms with Crippen LogP contribution in [0.2, 0.25) is 0 Å². The van der Waals surface area contributed by atoms with Crippen molar-refractivity contribution in [2.24, 2.45) is 0 Å². The molecule has 4 nitrogen and oxygen atoms in total. The van der Waals surface area contributed by atoms with E-state index >= 15 is 0 Å². The Kier molecular flexibility index (Phi) is 8.02. The van der Waals surface area contributed by atoms with Gasteiger partial charge in [-0.05, 0) is 102 Å². The van der Waals surface area contributed by atoms with Crippen LogP contribution in [-0.2, 0) is 0 Å². The molecule has 4 heterocycles. The summed E-state index contributed by atoms with van der Waals surface area (Å²) in [6.45, 7) is 6.01. The lowest BCUT2D eigenvalue weighted by atomic mass is 10.0. The minimum atomic E-state index is 0.701. The summed E-state index contributed by atoms with van der Waals surface area (Å²) in [4.78, 5) is 10.8. The molecule has 0 atom stereocenters. The van der Waals surface area contributed by atoms with Crippen LogP contribution in [0.5, 0.6) is 0 Å². The van der Waals surface area contributed by atoms with Crippen LogP contribution in [0, 0.1) is 0 Å². The van der Waals surface area contributed by atoms with Crippen LogP contribution in [0.3, 0.4) is 0 Å². The Bertz CT molecular complexity index is 3470. The molecule has 0 saturated heterocycles. The zero-order valence-electron chi connectivity index (χ0n) is 31.8. The van der Waals surface area contributed by atoms with Gasteiger partial charge in [0.15, 0.2) is 5.82 Å². The molecule has 0 aliphatic carbocycles. The molecule has 0 amide bonds. The smallest absolute Gasteiger partial charge is 0.160 e. The van der Waals surface area contributed by atoms with E-state index in [1.54, 1.807) is 11.3 Å². The van der Waals surface area contributed by atoms with Crippen LogP contribution >= 0.6 is 11.3 Å². The van der Waals surface area contributed by atoms with E-state index in [0.29, 0.717) is 5.82 Å². The fourth-order valence-electron chi connectivity index (χ4n) is 8.61. The molecule has 0 unspecified atom stereocenters. The fourth-order valence-corrected chi connectivity index (χ4v) is 9.74. The number of nitrogens with zero attached hydrogens (tertiary/aromatic N) is 4. The molecular weight excluding hydrogens is 725 g/mol. The lowest BCUT2D eigenvalue weighted by Crippen LogP contribution is -1.96. The molecule has 0 aliphatic heterocycles. The second-order valence-electron chi connectivity index (χ2n) is 14.6. The normalized spacial score (nSPS) is 12.3. The number of rotatable bonds is 7. The molecule has 0 fully saturated rings. The molecule has 0 bridgehead atoms. The van der Waals surface area contributed by atoms with Crippen molar-refractivity contribution in [3.8, 4) is 33.9 Å². The van der Waals surface area contributed by atoms with Crippen molar-refractivity contribution < 1.29 is 0 Å². The third-order valence-electron chi connectivity index (χ3n) is 11.3. The SMILES string of the molecule is C=C/C=C\C(=C/C)c1nc(-c2ccc3c(c2)c2ccccc2n3-c2ccccc2)nc2c1sc1ccc(-c3ccc4c(c3)c3ccccc3n4-c3ccccc3)cc12. The molecule has 11 aromatic rings. The highest BCUT2D eigenvalue weighted by molar-refractivity contribution is 7.26. The van der Waals surface area contributed by atoms with E-state index in [1.165, 1.54) is 48.4 Å². The molecule has 58 heavy (non-hydrogen) atoms. The maximum Gasteiger partial charge on any atom is 0.160 e. The second kappa shape index (κ2) is 13.7. The number of para-hydroxylation sites is 4. The van der Waals surface area contributed by atoms with Gasteiger partial charge in [-0.1, -0.05) is 116 Å². The van der Waals surface area contributed by atoms with Gasteiger partial charge in [-0.15, -0.1) is 11.3 Å². The Morgan fingerprint density at radius 2 is 1.05 bits per heavy atom. The van der Waals surface area contributed by atoms with E-state index in [2.05, 4.69) is 199 Å². The average Bonchev–Trinajstić information content (AvgIpc) is 3.94. The van der Waals surface area contributed by atoms with Gasteiger partial charge in [0.1, 0.15) is 0 Å². The Hall–Kier alpha value is -7.34. The van der Waals surface area contributed by atoms with Gasteiger partial charge in [-0.25, -0.2) is 9.97 Å². The maximum atomic E-state index is 5.42. The summed E-state index contributed by atoms with van der Waals surface area (Å²) in [5.41, 5.74) is 13.2. The monoisotopic (exact) mass is 760 g/mol. The van der Waals surface area contributed by atoms with Crippen molar-refractivity contribution in [3.63, 3.8) is 0 Å². The zero-order valence-corrected chi connectivity index (χ0v) is 32.6. The summed E-state index contributed by atoms with van der Waals surface area (Å²) in [5.74, 6) is 0.701. The molecule has 274 valence electrons. The quantitative estimate of drug-likeness (QED) is 0.152. The van der Waals surface area contributed by atoms with Crippen molar-refractivity contribution in [1.29, 1.82) is 0 Å². The third kappa shape index (κ3) is 5.36. The fraction of sp³-hybridized carbons (Fsp3) is 0.0189. The predicted octanol–water partition coefficient (Wildman–Crippen LogP) is 14.5. The molecule has 7 aromatic carbocycles. The van der Waals surface area contributed by atoms with Crippen LogP contribution in [0.25, 0.3) is 103 Å². The summed E-state index contributed by atoms with van der Waals surface area (Å²) in [6, 6.07) is 58.8. The summed E-state index contributed by atoms with van der Waals surface area (Å²) < 4.78 is 6.95. The minimum Gasteiger partial charge on any atom is -0.309 e. The molecule has 0 saturated carbocycles. The number of benzene rings is 7. The van der Waals surface area contributed by atoms with Crippen LogP contribution in [0.1, 0.15) is 12.6 Å². The molecular formula is C53H36N4S. The summed E-state index contributed by atoms with van der Waals surface area (Å²) in [5, 5.41) is 5.96. The highest BCUT2D eigenvalue weighted by Gasteiger charge is 2.20. The van der Waals surface area contributed by atoms with Crippen LogP contribution in [-0.4, -0.2) is 19.1 Å². The standard InChI is InChI=1S/C53H36N4S/c1-3-5-16-34(4-2)50-52-51(55-53(54-50)37-26-29-48-43(33-37)41-22-13-15-24-46(41)57(48)39-19-10-7-11-20-39)44-32-36(27-30-49(44)58-52)35-25-28-47-42(31-35)40-21-12-14-23-45(40)56(47)38-17-8-6-9-18-38/h3-33H,1H2,2H3/b16-5-,34-4+. The van der Waals surface area contributed by atoms with Gasteiger partial charge in [-0.2, -0.15) is 0 Å². The summed E-state index contributed by atoms with van der Waals surface area (Å²) >= 11 is 1.75. The number of fused-ring (bicyclic) bond motifs is 9. The van der Waals surface area contributed by atoms with Crippen molar-refractivity contribution in [3.05, 3.63) is 200 Å². The van der Waals surface area contributed by atoms with Gasteiger partial charge in [0.25, 0.3) is 0 Å². The molecule has 0 radical (unpaired) electrons. The van der Waals surface area contributed by atoms with E-state index in [0.717, 1.165) is 54.9 Å². The third-order valence-corrected chi connectivity index (χ3v) is 12.4. The first kappa shape index (κ1) is 34.0. The zero-order chi connectivity index (χ0) is 38.7. The van der Waals surface area contributed by atoms with Crippen molar-refractivity contribution in [2.45, 2.75) is 6.92 Å². The van der Waals surface area contributed by atoms with E-state index < -0.39 is 0 Å². The lowest BCUT2D eigenvalue weighted by molar-refractivity contribution is 1.18. The minimum absolute atomic E-state index is 0.701.